The molecule has 0 spiro atoms. The van der Waals surface area contributed by atoms with Gasteiger partial charge in [-0.25, -0.2) is 0 Å². The van der Waals surface area contributed by atoms with Crippen LogP contribution in [0.2, 0.25) is 0 Å². The van der Waals surface area contributed by atoms with Gasteiger partial charge in [0.15, 0.2) is 0 Å². The molecule has 3 rings (SSSR count). The number of hydrogen-bond donors (Lipinski definition) is 2. The van der Waals surface area contributed by atoms with Crippen molar-refractivity contribution >= 4 is 21.8 Å². The molecule has 2 aliphatic rings. The van der Waals surface area contributed by atoms with E-state index in [9.17, 15) is 9.90 Å². The number of carbonyl (C=O) groups excluding carboxylic acids is 1. The molecule has 1 aromatic rings. The van der Waals surface area contributed by atoms with E-state index >= 15 is 0 Å². The molecular formula is C20H29BrN2O3. The number of methoxy groups -OCH3 is 1. The first-order chi connectivity index (χ1) is 12.4. The maximum absolute atomic E-state index is 13.5. The van der Waals surface area contributed by atoms with Gasteiger partial charge in [0.25, 0.3) is 0 Å². The van der Waals surface area contributed by atoms with Gasteiger partial charge < -0.3 is 20.5 Å². The van der Waals surface area contributed by atoms with E-state index in [1.807, 2.05) is 23.1 Å². The second kappa shape index (κ2) is 8.28. The van der Waals surface area contributed by atoms with Crippen molar-refractivity contribution in [2.75, 3.05) is 20.2 Å². The van der Waals surface area contributed by atoms with Gasteiger partial charge in [-0.15, -0.1) is 0 Å². The molecule has 0 aromatic heterocycles. The molecule has 1 aliphatic carbocycles. The number of nitrogens with zero attached hydrogens (tertiary/aromatic N) is 1. The highest BCUT2D eigenvalue weighted by Gasteiger charge is 2.45. The largest absolute Gasteiger partial charge is 0.496 e. The lowest BCUT2D eigenvalue weighted by atomic mass is 9.72. The quantitative estimate of drug-likeness (QED) is 0.777. The van der Waals surface area contributed by atoms with E-state index in [-0.39, 0.29) is 11.9 Å². The van der Waals surface area contributed by atoms with Crippen molar-refractivity contribution in [1.82, 2.24) is 4.90 Å². The monoisotopic (exact) mass is 424 g/mol. The predicted octanol–water partition coefficient (Wildman–Crippen LogP) is 3.19. The first kappa shape index (κ1) is 19.6. The summed E-state index contributed by atoms with van der Waals surface area (Å²) >= 11 is 3.52. The molecule has 5 nitrogen and oxygen atoms in total. The van der Waals surface area contributed by atoms with Crippen LogP contribution in [0, 0.1) is 0 Å². The molecule has 6 heteroatoms. The summed E-state index contributed by atoms with van der Waals surface area (Å²) < 4.78 is 6.12. The van der Waals surface area contributed by atoms with Crippen molar-refractivity contribution in [3.05, 3.63) is 28.2 Å². The summed E-state index contributed by atoms with van der Waals surface area (Å²) in [7, 11) is 1.62. The van der Waals surface area contributed by atoms with Crippen molar-refractivity contribution in [1.29, 1.82) is 0 Å². The van der Waals surface area contributed by atoms with Gasteiger partial charge in [-0.05, 0) is 59.3 Å². The molecule has 144 valence electrons. The highest BCUT2D eigenvalue weighted by atomic mass is 79.9. The number of hydrogen-bond acceptors (Lipinski definition) is 4. The normalized spacial score (nSPS) is 22.1. The van der Waals surface area contributed by atoms with Crippen molar-refractivity contribution in [3.63, 3.8) is 0 Å². The highest BCUT2D eigenvalue weighted by Crippen LogP contribution is 2.42. The van der Waals surface area contributed by atoms with Crippen LogP contribution >= 0.6 is 15.9 Å². The van der Waals surface area contributed by atoms with Gasteiger partial charge in [-0.2, -0.15) is 0 Å². The zero-order valence-corrected chi connectivity index (χ0v) is 17.0. The van der Waals surface area contributed by atoms with Crippen molar-refractivity contribution in [2.24, 2.45) is 5.73 Å². The average Bonchev–Trinajstić information content (AvgIpc) is 2.63. The standard InChI is InChI=1S/C20H29BrN2O3/c1-26-17-6-5-14(13-16(17)21)18(20(25)9-3-2-4-10-20)19(24)23-11-7-15(22)8-12-23/h5-6,13,15,18,25H,2-4,7-12,22H2,1H3. The second-order valence-corrected chi connectivity index (χ2v) is 8.51. The number of halogens is 1. The van der Waals surface area contributed by atoms with Gasteiger partial charge in [0.05, 0.1) is 23.1 Å². The lowest BCUT2D eigenvalue weighted by molar-refractivity contribution is -0.142. The van der Waals surface area contributed by atoms with E-state index < -0.39 is 11.5 Å². The number of carbonyl (C=O) groups is 1. The van der Waals surface area contributed by atoms with Crippen LogP contribution in [0.4, 0.5) is 0 Å². The molecule has 3 N–H and O–H groups in total. The Morgan fingerprint density at radius 1 is 1.31 bits per heavy atom. The number of ether oxygens (including phenoxy) is 1. The fraction of sp³-hybridized carbons (Fsp3) is 0.650. The fourth-order valence-electron chi connectivity index (χ4n) is 4.30. The maximum atomic E-state index is 13.5. The summed E-state index contributed by atoms with van der Waals surface area (Å²) in [6.45, 7) is 1.34. The Labute approximate surface area is 164 Å². The zero-order chi connectivity index (χ0) is 18.7. The summed E-state index contributed by atoms with van der Waals surface area (Å²) in [6.07, 6.45) is 6.02. The minimum absolute atomic E-state index is 0.0263. The molecule has 26 heavy (non-hydrogen) atoms. The van der Waals surface area contributed by atoms with Crippen LogP contribution in [0.3, 0.4) is 0 Å². The van der Waals surface area contributed by atoms with E-state index in [0.717, 1.165) is 47.9 Å². The molecule has 1 aromatic carbocycles. The van der Waals surface area contributed by atoms with Gasteiger partial charge in [-0.3, -0.25) is 4.79 Å². The Morgan fingerprint density at radius 2 is 1.96 bits per heavy atom. The smallest absolute Gasteiger partial charge is 0.233 e. The van der Waals surface area contributed by atoms with E-state index in [1.165, 1.54) is 0 Å². The third-order valence-electron chi connectivity index (χ3n) is 5.86. The Morgan fingerprint density at radius 3 is 2.54 bits per heavy atom. The molecule has 0 radical (unpaired) electrons. The first-order valence-electron chi connectivity index (χ1n) is 9.55. The van der Waals surface area contributed by atoms with Crippen LogP contribution in [0.5, 0.6) is 5.75 Å². The van der Waals surface area contributed by atoms with Crippen LogP contribution in [-0.2, 0) is 4.79 Å². The van der Waals surface area contributed by atoms with Gasteiger partial charge in [-0.1, -0.05) is 25.3 Å². The third-order valence-corrected chi connectivity index (χ3v) is 6.48. The van der Waals surface area contributed by atoms with Crippen molar-refractivity contribution in [2.45, 2.75) is 62.5 Å². The maximum Gasteiger partial charge on any atom is 0.233 e. The van der Waals surface area contributed by atoms with Crippen molar-refractivity contribution < 1.29 is 14.6 Å². The second-order valence-electron chi connectivity index (χ2n) is 7.65. The number of aliphatic hydroxyl groups is 1. The Balaban J connectivity index is 1.93. The number of amides is 1. The molecule has 1 aliphatic heterocycles. The molecule has 1 amide bonds. The van der Waals surface area contributed by atoms with Gasteiger partial charge in [0.2, 0.25) is 5.91 Å². The number of piperidine rings is 1. The third kappa shape index (κ3) is 4.07. The lowest BCUT2D eigenvalue weighted by Gasteiger charge is -2.42. The molecule has 1 saturated heterocycles. The van der Waals surface area contributed by atoms with Crippen LogP contribution in [0.25, 0.3) is 0 Å². The predicted molar refractivity (Wildman–Crippen MR) is 105 cm³/mol. The van der Waals surface area contributed by atoms with Crippen LogP contribution < -0.4 is 10.5 Å². The Hall–Kier alpha value is -1.11. The molecule has 0 bridgehead atoms. The number of likely N-dealkylation sites (tertiary alicyclic amines) is 1. The molecular weight excluding hydrogens is 396 g/mol. The first-order valence-corrected chi connectivity index (χ1v) is 10.3. The minimum atomic E-state index is -0.983. The average molecular weight is 425 g/mol. The number of rotatable bonds is 4. The Bertz CT molecular complexity index is 638. The summed E-state index contributed by atoms with van der Waals surface area (Å²) in [5.74, 6) is 0.206. The summed E-state index contributed by atoms with van der Waals surface area (Å²) in [4.78, 5) is 15.3. The molecule has 1 unspecified atom stereocenters. The van der Waals surface area contributed by atoms with E-state index in [0.29, 0.717) is 25.9 Å². The van der Waals surface area contributed by atoms with Crippen LogP contribution in [0.15, 0.2) is 22.7 Å². The minimum Gasteiger partial charge on any atom is -0.496 e. The zero-order valence-electron chi connectivity index (χ0n) is 15.4. The van der Waals surface area contributed by atoms with E-state index in [2.05, 4.69) is 15.9 Å². The number of benzene rings is 1. The van der Waals surface area contributed by atoms with Gasteiger partial charge in [0, 0.05) is 19.1 Å². The van der Waals surface area contributed by atoms with Crippen LogP contribution in [0.1, 0.15) is 56.4 Å². The van der Waals surface area contributed by atoms with Crippen molar-refractivity contribution in [3.8, 4) is 5.75 Å². The highest BCUT2D eigenvalue weighted by molar-refractivity contribution is 9.10. The van der Waals surface area contributed by atoms with Crippen LogP contribution in [-0.4, -0.2) is 47.8 Å². The molecule has 2 fully saturated rings. The van der Waals surface area contributed by atoms with E-state index in [1.54, 1.807) is 7.11 Å². The van der Waals surface area contributed by atoms with Gasteiger partial charge >= 0.3 is 0 Å². The topological polar surface area (TPSA) is 75.8 Å². The SMILES string of the molecule is COc1ccc(C(C(=O)N2CCC(N)CC2)C2(O)CCCCC2)cc1Br. The molecule has 1 atom stereocenters. The Kier molecular flexibility index (Phi) is 6.25. The summed E-state index contributed by atoms with van der Waals surface area (Å²) in [6, 6.07) is 5.86. The van der Waals surface area contributed by atoms with Gasteiger partial charge in [0.1, 0.15) is 5.75 Å². The lowest BCUT2D eigenvalue weighted by Crippen LogP contribution is -2.51. The summed E-state index contributed by atoms with van der Waals surface area (Å²) in [5, 5.41) is 11.4. The summed E-state index contributed by atoms with van der Waals surface area (Å²) in [5.41, 5.74) is 5.86. The number of nitrogens with two attached hydrogens (primary N) is 1. The fourth-order valence-corrected chi connectivity index (χ4v) is 4.86. The van der Waals surface area contributed by atoms with E-state index in [4.69, 9.17) is 10.5 Å². The molecule has 1 saturated carbocycles. The molecule has 1 heterocycles.